The van der Waals surface area contributed by atoms with Crippen molar-refractivity contribution < 1.29 is 19.1 Å². The summed E-state index contributed by atoms with van der Waals surface area (Å²) >= 11 is 0. The maximum absolute atomic E-state index is 12.0. The van der Waals surface area contributed by atoms with Crippen molar-refractivity contribution in [1.29, 1.82) is 0 Å². The van der Waals surface area contributed by atoms with E-state index in [0.717, 1.165) is 49.2 Å². The van der Waals surface area contributed by atoms with Gasteiger partial charge in [-0.25, -0.2) is 9.38 Å². The predicted molar refractivity (Wildman–Crippen MR) is 182 cm³/mol. The van der Waals surface area contributed by atoms with Crippen LogP contribution in [-0.4, -0.2) is 74.5 Å². The van der Waals surface area contributed by atoms with Crippen molar-refractivity contribution in [2.75, 3.05) is 46.5 Å². The van der Waals surface area contributed by atoms with Crippen LogP contribution in [0.3, 0.4) is 0 Å². The fraction of sp³-hybridized carbons (Fsp3) is 0.382. The van der Waals surface area contributed by atoms with Gasteiger partial charge in [-0.2, -0.15) is 0 Å². The highest BCUT2D eigenvalue weighted by atomic mass is 19.1. The molecule has 2 rings (SSSR count). The molecule has 242 valence electrons. The number of aliphatic hydroxyl groups is 1. The minimum absolute atomic E-state index is 0.111. The quantitative estimate of drug-likeness (QED) is 0.0856. The minimum Gasteiger partial charge on any atom is -0.395 e. The van der Waals surface area contributed by atoms with Crippen LogP contribution in [0.5, 0.6) is 0 Å². The molecule has 1 aliphatic carbocycles. The minimum atomic E-state index is -0.554. The first-order chi connectivity index (χ1) is 21.3. The molecule has 0 fully saturated rings. The zero-order valence-corrected chi connectivity index (χ0v) is 26.9. The summed E-state index contributed by atoms with van der Waals surface area (Å²) in [5.41, 5.74) is 16.1. The van der Waals surface area contributed by atoms with Crippen LogP contribution in [-0.2, 0) is 4.79 Å². The van der Waals surface area contributed by atoms with Gasteiger partial charge in [-0.15, -0.1) is 0 Å². The van der Waals surface area contributed by atoms with Gasteiger partial charge in [0.25, 0.3) is 0 Å². The van der Waals surface area contributed by atoms with Crippen molar-refractivity contribution >= 4 is 23.6 Å². The molecule has 44 heavy (non-hydrogen) atoms. The number of benzene rings is 1. The number of hydrogen-bond acceptors (Lipinski definition) is 7. The van der Waals surface area contributed by atoms with E-state index < -0.39 is 6.67 Å². The van der Waals surface area contributed by atoms with E-state index in [1.807, 2.05) is 51.3 Å². The van der Waals surface area contributed by atoms with Crippen molar-refractivity contribution in [2.24, 2.45) is 16.5 Å². The van der Waals surface area contributed by atoms with Crippen LogP contribution >= 0.6 is 0 Å². The van der Waals surface area contributed by atoms with E-state index >= 15 is 0 Å². The van der Waals surface area contributed by atoms with Crippen LogP contribution in [0.4, 0.5) is 4.39 Å². The van der Waals surface area contributed by atoms with E-state index in [1.165, 1.54) is 18.2 Å². The van der Waals surface area contributed by atoms with Gasteiger partial charge in [0.15, 0.2) is 0 Å². The summed E-state index contributed by atoms with van der Waals surface area (Å²) in [5, 5.41) is 14.4. The molecule has 10 heteroatoms. The van der Waals surface area contributed by atoms with Crippen molar-refractivity contribution in [1.82, 2.24) is 15.5 Å². The normalized spacial score (nSPS) is 14.5. The van der Waals surface area contributed by atoms with E-state index in [0.29, 0.717) is 23.5 Å². The molecular weight excluding hydrogens is 559 g/mol. The predicted octanol–water partition coefficient (Wildman–Crippen LogP) is 4.41. The molecule has 0 atom stereocenters. The molecule has 0 radical (unpaired) electrons. The van der Waals surface area contributed by atoms with Crippen molar-refractivity contribution in [3.05, 3.63) is 101 Å². The highest BCUT2D eigenvalue weighted by Gasteiger charge is 2.07. The number of rotatable bonds is 15. The third-order valence-electron chi connectivity index (χ3n) is 6.01. The first-order valence-electron chi connectivity index (χ1n) is 14.9. The Kier molecular flexibility index (Phi) is 23.0. The number of nitrogens with two attached hydrogens (primary N) is 2. The van der Waals surface area contributed by atoms with Crippen LogP contribution < -0.4 is 22.1 Å². The lowest BCUT2D eigenvalue weighted by Crippen LogP contribution is -2.32. The summed E-state index contributed by atoms with van der Waals surface area (Å²) in [4.78, 5) is 29.0. The SMILES string of the molecule is C/C(=C\C=C/CF)NC(=O)C/C=C/C(N)=N/C(N)=C1\C=CC(c2ccc(C=O)cc2)=CC1.CC.CCN(CCO)CCNC. The van der Waals surface area contributed by atoms with E-state index in [9.17, 15) is 14.0 Å². The number of carbonyl (C=O) groups is 2. The number of nitrogens with zero attached hydrogens (tertiary/aromatic N) is 2. The summed E-state index contributed by atoms with van der Waals surface area (Å²) in [5.74, 6) is 0.267. The van der Waals surface area contributed by atoms with Crippen molar-refractivity contribution in [2.45, 2.75) is 40.5 Å². The van der Waals surface area contributed by atoms with Gasteiger partial charge < -0.3 is 32.1 Å². The monoisotopic (exact) mass is 610 g/mol. The Bertz CT molecular complexity index is 1200. The molecule has 0 aliphatic heterocycles. The first-order valence-corrected chi connectivity index (χ1v) is 14.9. The summed E-state index contributed by atoms with van der Waals surface area (Å²) in [6, 6.07) is 7.34. The van der Waals surface area contributed by atoms with Crippen LogP contribution in [0.1, 0.15) is 56.5 Å². The summed E-state index contributed by atoms with van der Waals surface area (Å²) in [6.45, 7) is 11.3. The summed E-state index contributed by atoms with van der Waals surface area (Å²) < 4.78 is 12.0. The van der Waals surface area contributed by atoms with Gasteiger partial charge in [-0.1, -0.05) is 81.5 Å². The molecule has 0 saturated heterocycles. The van der Waals surface area contributed by atoms with Crippen molar-refractivity contribution in [3.63, 3.8) is 0 Å². The molecule has 1 aromatic rings. The molecule has 0 heterocycles. The Balaban J connectivity index is 0.00000131. The number of nitrogens with one attached hydrogen (secondary N) is 2. The zero-order chi connectivity index (χ0) is 33.2. The molecule has 9 nitrogen and oxygen atoms in total. The first kappa shape index (κ1) is 39.9. The molecule has 1 aromatic carbocycles. The van der Waals surface area contributed by atoms with Gasteiger partial charge >= 0.3 is 0 Å². The lowest BCUT2D eigenvalue weighted by Gasteiger charge is -2.18. The Morgan fingerprint density at radius 1 is 1.14 bits per heavy atom. The van der Waals surface area contributed by atoms with Gasteiger partial charge in [0, 0.05) is 37.3 Å². The van der Waals surface area contributed by atoms with Crippen molar-refractivity contribution in [3.8, 4) is 0 Å². The molecule has 0 aromatic heterocycles. The second kappa shape index (κ2) is 25.4. The van der Waals surface area contributed by atoms with Crippen LogP contribution in [0.15, 0.2) is 95.0 Å². The second-order valence-corrected chi connectivity index (χ2v) is 9.23. The van der Waals surface area contributed by atoms with Crippen LogP contribution in [0.25, 0.3) is 5.57 Å². The lowest BCUT2D eigenvalue weighted by molar-refractivity contribution is -0.119. The number of aldehydes is 1. The number of halogens is 1. The Morgan fingerprint density at radius 2 is 1.84 bits per heavy atom. The number of aliphatic imine (C=N–C) groups is 1. The highest BCUT2D eigenvalue weighted by molar-refractivity contribution is 5.93. The van der Waals surface area contributed by atoms with Gasteiger partial charge in [-0.3, -0.25) is 9.59 Å². The number of likely N-dealkylation sites (N-methyl/N-ethyl adjacent to an activating group) is 2. The van der Waals surface area contributed by atoms with E-state index in [4.69, 9.17) is 16.6 Å². The Labute approximate surface area is 262 Å². The fourth-order valence-corrected chi connectivity index (χ4v) is 3.66. The van der Waals surface area contributed by atoms with Gasteiger partial charge in [-0.05, 0) is 55.8 Å². The van der Waals surface area contributed by atoms with Gasteiger partial charge in [0.1, 0.15) is 24.6 Å². The van der Waals surface area contributed by atoms with Crippen LogP contribution in [0, 0.1) is 0 Å². The number of carbonyl (C=O) groups excluding carboxylic acids is 2. The standard InChI is InChI=1S/C25H27FN4O2.C7H18N2O.C2H6/c1-18(5-2-3-16-26)29-24(32)7-4-6-23(27)30-25(28)22-14-12-21(13-15-22)20-10-8-19(17-31)9-11-20;1-3-9(6-7-10)5-4-8-2;1-2/h2-6,8-14,17H,7,15-16,28H2,1H3,(H2,27,30)(H,29,32);8,10H,3-7H2,1-2H3;1-2H3/b3-2-,6-4+,18-5+,25-22+;;. The molecule has 7 N–H and O–H groups in total. The molecule has 0 saturated carbocycles. The van der Waals surface area contributed by atoms with E-state index in [2.05, 4.69) is 27.4 Å². The maximum Gasteiger partial charge on any atom is 0.227 e. The average molecular weight is 611 g/mol. The third kappa shape index (κ3) is 17.7. The maximum atomic E-state index is 12.0. The molecule has 1 aliphatic rings. The average Bonchev–Trinajstić information content (AvgIpc) is 3.04. The molecule has 0 spiro atoms. The number of aliphatic hydroxyl groups excluding tert-OH is 1. The van der Waals surface area contributed by atoms with Gasteiger partial charge in [0.2, 0.25) is 5.91 Å². The fourth-order valence-electron chi connectivity index (χ4n) is 3.66. The molecule has 0 unspecified atom stereocenters. The summed E-state index contributed by atoms with van der Waals surface area (Å²) in [6.07, 6.45) is 15.0. The summed E-state index contributed by atoms with van der Waals surface area (Å²) in [7, 11) is 1.94. The third-order valence-corrected chi connectivity index (χ3v) is 6.01. The highest BCUT2D eigenvalue weighted by Crippen LogP contribution is 2.25. The Morgan fingerprint density at radius 3 is 2.39 bits per heavy atom. The molecule has 1 amide bonds. The van der Waals surface area contributed by atoms with E-state index in [-0.39, 0.29) is 24.8 Å². The Hall–Kier alpha value is -4.12. The largest absolute Gasteiger partial charge is 0.395 e. The lowest BCUT2D eigenvalue weighted by atomic mass is 9.96. The number of alkyl halides is 1. The smallest absolute Gasteiger partial charge is 0.227 e. The second-order valence-electron chi connectivity index (χ2n) is 9.23. The number of hydrogen-bond donors (Lipinski definition) is 5. The zero-order valence-electron chi connectivity index (χ0n) is 26.9. The molecular formula is C34H51FN6O3. The topological polar surface area (TPSA) is 146 Å². The van der Waals surface area contributed by atoms with Crippen LogP contribution in [0.2, 0.25) is 0 Å². The van der Waals surface area contributed by atoms with E-state index in [1.54, 1.807) is 31.2 Å². The van der Waals surface area contributed by atoms with Gasteiger partial charge in [0.05, 0.1) is 6.61 Å². The number of amidine groups is 1. The number of allylic oxidation sites excluding steroid dienone is 9. The molecule has 0 bridgehead atoms. The number of amides is 1.